The molecule has 2 fully saturated rings. The van der Waals surface area contributed by atoms with Crippen LogP contribution in [0.15, 0.2) is 18.2 Å². The minimum Gasteiger partial charge on any atom is -0.374 e. The maximum absolute atomic E-state index is 13.1. The molecule has 3 rings (SSSR count). The Hall–Kier alpha value is -2.01. The molecule has 2 saturated heterocycles. The molecule has 1 aromatic carbocycles. The van der Waals surface area contributed by atoms with E-state index in [9.17, 15) is 26.4 Å². The van der Waals surface area contributed by atoms with Crippen molar-refractivity contribution in [2.75, 3.05) is 62.3 Å². The number of rotatable bonds is 5. The molecule has 162 valence electrons. The zero-order valence-electron chi connectivity index (χ0n) is 16.2. The average molecular weight is 434 g/mol. The minimum atomic E-state index is -4.47. The molecule has 7 nitrogen and oxygen atoms in total. The molecule has 0 radical (unpaired) electrons. The van der Waals surface area contributed by atoms with Gasteiger partial charge in [-0.15, -0.1) is 0 Å². The van der Waals surface area contributed by atoms with Crippen molar-refractivity contribution in [3.05, 3.63) is 23.8 Å². The van der Waals surface area contributed by atoms with Crippen molar-refractivity contribution < 1.29 is 26.4 Å². The van der Waals surface area contributed by atoms with Crippen LogP contribution in [0.5, 0.6) is 0 Å². The maximum atomic E-state index is 13.1. The summed E-state index contributed by atoms with van der Waals surface area (Å²) in [6.07, 6.45) is -1.39. The number of carbonyl (C=O) groups is 1. The number of piperazine rings is 1. The van der Waals surface area contributed by atoms with Gasteiger partial charge in [0.25, 0.3) is 0 Å². The number of amides is 1. The smallest absolute Gasteiger partial charge is 0.374 e. The van der Waals surface area contributed by atoms with E-state index >= 15 is 0 Å². The number of nitrogens with one attached hydrogen (secondary N) is 1. The van der Waals surface area contributed by atoms with E-state index in [1.54, 1.807) is 0 Å². The lowest BCUT2D eigenvalue weighted by Crippen LogP contribution is -2.51. The van der Waals surface area contributed by atoms with Crippen LogP contribution in [0.2, 0.25) is 0 Å². The van der Waals surface area contributed by atoms with Crippen LogP contribution in [0, 0.1) is 0 Å². The highest BCUT2D eigenvalue weighted by Crippen LogP contribution is 2.36. The largest absolute Gasteiger partial charge is 0.416 e. The quantitative estimate of drug-likeness (QED) is 0.766. The topological polar surface area (TPSA) is 73.0 Å². The molecule has 1 aromatic rings. The Labute approximate surface area is 168 Å². The van der Waals surface area contributed by atoms with Crippen LogP contribution in [0.25, 0.3) is 0 Å². The first kappa shape index (κ1) is 21.7. The lowest BCUT2D eigenvalue weighted by molar-refractivity contribution is -0.137. The molecular formula is C18H25F3N4O3S. The standard InChI is InChI=1S/C18H25F3N4O3S/c1-29(27,28)25-10-8-24(9-11-25)17(26)13-22-15-12-14(18(19,20)21)4-5-16(15)23-6-2-3-7-23/h4-5,12,22H,2-3,6-11,13H2,1H3. The highest BCUT2D eigenvalue weighted by atomic mass is 32.2. The molecule has 1 amide bonds. The third-order valence-corrected chi connectivity index (χ3v) is 6.56. The van der Waals surface area contributed by atoms with Crippen LogP contribution in [-0.4, -0.2) is 75.6 Å². The van der Waals surface area contributed by atoms with Crippen LogP contribution in [-0.2, 0) is 21.0 Å². The third kappa shape index (κ3) is 5.33. The van der Waals surface area contributed by atoms with Gasteiger partial charge in [-0.05, 0) is 31.0 Å². The Bertz CT molecular complexity index is 846. The van der Waals surface area contributed by atoms with Gasteiger partial charge < -0.3 is 15.1 Å². The van der Waals surface area contributed by atoms with E-state index in [4.69, 9.17) is 0 Å². The predicted octanol–water partition coefficient (Wildman–Crippen LogP) is 1.82. The predicted molar refractivity (Wildman–Crippen MR) is 104 cm³/mol. The van der Waals surface area contributed by atoms with Crippen molar-refractivity contribution in [3.8, 4) is 0 Å². The Kier molecular flexibility index (Phi) is 6.27. The number of sulfonamides is 1. The van der Waals surface area contributed by atoms with E-state index in [2.05, 4.69) is 5.32 Å². The molecule has 11 heteroatoms. The summed E-state index contributed by atoms with van der Waals surface area (Å²) in [6, 6.07) is 3.55. The molecule has 2 heterocycles. The van der Waals surface area contributed by atoms with Crippen LogP contribution in [0.4, 0.5) is 24.5 Å². The van der Waals surface area contributed by atoms with E-state index < -0.39 is 21.8 Å². The van der Waals surface area contributed by atoms with Gasteiger partial charge in [0.05, 0.1) is 29.7 Å². The van der Waals surface area contributed by atoms with Crippen molar-refractivity contribution in [2.45, 2.75) is 19.0 Å². The van der Waals surface area contributed by atoms with Crippen molar-refractivity contribution in [2.24, 2.45) is 0 Å². The van der Waals surface area contributed by atoms with Gasteiger partial charge in [-0.25, -0.2) is 8.42 Å². The number of hydrogen-bond acceptors (Lipinski definition) is 5. The first-order valence-electron chi connectivity index (χ1n) is 9.48. The number of halogens is 3. The van der Waals surface area contributed by atoms with Gasteiger partial charge in [0.15, 0.2) is 0 Å². The molecule has 0 atom stereocenters. The minimum absolute atomic E-state index is 0.152. The molecule has 2 aliphatic heterocycles. The molecule has 29 heavy (non-hydrogen) atoms. The third-order valence-electron chi connectivity index (χ3n) is 5.26. The van der Waals surface area contributed by atoms with E-state index in [0.717, 1.165) is 44.3 Å². The Morgan fingerprint density at radius 3 is 2.24 bits per heavy atom. The lowest BCUT2D eigenvalue weighted by atomic mass is 10.1. The van der Waals surface area contributed by atoms with E-state index in [1.807, 2.05) is 4.90 Å². The summed E-state index contributed by atoms with van der Waals surface area (Å²) in [4.78, 5) is 16.0. The van der Waals surface area contributed by atoms with Crippen molar-refractivity contribution in [1.82, 2.24) is 9.21 Å². The maximum Gasteiger partial charge on any atom is 0.416 e. The summed E-state index contributed by atoms with van der Waals surface area (Å²) in [5.74, 6) is -0.275. The summed E-state index contributed by atoms with van der Waals surface area (Å²) in [5.41, 5.74) is 0.173. The van der Waals surface area contributed by atoms with Gasteiger partial charge in [-0.2, -0.15) is 17.5 Å². The zero-order valence-corrected chi connectivity index (χ0v) is 17.0. The monoisotopic (exact) mass is 434 g/mol. The SMILES string of the molecule is CS(=O)(=O)N1CCN(C(=O)CNc2cc(C(F)(F)F)ccc2N2CCCC2)CC1. The second-order valence-electron chi connectivity index (χ2n) is 7.32. The Balaban J connectivity index is 1.68. The second-order valence-corrected chi connectivity index (χ2v) is 9.30. The normalized spacial score (nSPS) is 18.9. The first-order valence-corrected chi connectivity index (χ1v) is 11.3. The number of alkyl halides is 3. The van der Waals surface area contributed by atoms with Gasteiger partial charge in [0.1, 0.15) is 0 Å². The fraction of sp³-hybridized carbons (Fsp3) is 0.611. The molecule has 0 spiro atoms. The fourth-order valence-electron chi connectivity index (χ4n) is 3.64. The molecule has 0 unspecified atom stereocenters. The van der Waals surface area contributed by atoms with E-state index in [1.165, 1.54) is 15.3 Å². The summed E-state index contributed by atoms with van der Waals surface area (Å²) < 4.78 is 63.8. The molecule has 1 N–H and O–H groups in total. The van der Waals surface area contributed by atoms with Gasteiger partial charge in [-0.1, -0.05) is 0 Å². The van der Waals surface area contributed by atoms with Gasteiger partial charge in [-0.3, -0.25) is 4.79 Å². The summed E-state index contributed by atoms with van der Waals surface area (Å²) >= 11 is 0. The van der Waals surface area contributed by atoms with E-state index in [0.29, 0.717) is 5.69 Å². The number of anilines is 2. The van der Waals surface area contributed by atoms with Crippen molar-refractivity contribution in [3.63, 3.8) is 0 Å². The van der Waals surface area contributed by atoms with Crippen LogP contribution in [0.3, 0.4) is 0 Å². The highest BCUT2D eigenvalue weighted by Gasteiger charge is 2.32. The molecule has 0 aromatic heterocycles. The number of nitrogens with zero attached hydrogens (tertiary/aromatic N) is 3. The van der Waals surface area contributed by atoms with Gasteiger partial charge >= 0.3 is 6.18 Å². The van der Waals surface area contributed by atoms with Crippen LogP contribution in [0.1, 0.15) is 18.4 Å². The molecular weight excluding hydrogens is 409 g/mol. The number of benzene rings is 1. The Morgan fingerprint density at radius 2 is 1.69 bits per heavy atom. The summed E-state index contributed by atoms with van der Waals surface area (Å²) in [7, 11) is -3.30. The van der Waals surface area contributed by atoms with E-state index in [-0.39, 0.29) is 44.3 Å². The highest BCUT2D eigenvalue weighted by molar-refractivity contribution is 7.88. The van der Waals surface area contributed by atoms with Gasteiger partial charge in [0.2, 0.25) is 15.9 Å². The molecule has 0 saturated carbocycles. The van der Waals surface area contributed by atoms with Crippen LogP contribution < -0.4 is 10.2 Å². The summed E-state index contributed by atoms with van der Waals surface area (Å²) in [5, 5.41) is 2.88. The second kappa shape index (κ2) is 8.39. The van der Waals surface area contributed by atoms with Crippen molar-refractivity contribution >= 4 is 27.3 Å². The Morgan fingerprint density at radius 1 is 1.07 bits per heavy atom. The van der Waals surface area contributed by atoms with Crippen LogP contribution >= 0.6 is 0 Å². The average Bonchev–Trinajstić information content (AvgIpc) is 3.19. The molecule has 0 bridgehead atoms. The first-order chi connectivity index (χ1) is 13.6. The number of hydrogen-bond donors (Lipinski definition) is 1. The molecule has 0 aliphatic carbocycles. The number of carbonyl (C=O) groups excluding carboxylic acids is 1. The van der Waals surface area contributed by atoms with Crippen molar-refractivity contribution in [1.29, 1.82) is 0 Å². The lowest BCUT2D eigenvalue weighted by Gasteiger charge is -2.33. The summed E-state index contributed by atoms with van der Waals surface area (Å²) in [6.45, 7) is 2.33. The molecule has 2 aliphatic rings. The van der Waals surface area contributed by atoms with Gasteiger partial charge in [0, 0.05) is 39.3 Å². The zero-order chi connectivity index (χ0) is 21.2. The fourth-order valence-corrected chi connectivity index (χ4v) is 4.47.